The summed E-state index contributed by atoms with van der Waals surface area (Å²) in [6, 6.07) is 0. The van der Waals surface area contributed by atoms with Gasteiger partial charge in [0.15, 0.2) is 0 Å². The molecule has 0 saturated heterocycles. The average molecular weight is 211 g/mol. The zero-order valence-corrected chi connectivity index (χ0v) is 9.17. The number of aliphatic imine (C=N–C) groups is 1. The minimum absolute atomic E-state index is 0.218. The Kier molecular flexibility index (Phi) is 4.42. The monoisotopic (exact) mass is 211 g/mol. The fourth-order valence-corrected chi connectivity index (χ4v) is 1.45. The molecule has 0 aromatic heterocycles. The topological polar surface area (TPSA) is 70.6 Å². The van der Waals surface area contributed by atoms with E-state index in [1.54, 1.807) is 0 Å². The summed E-state index contributed by atoms with van der Waals surface area (Å²) in [5.41, 5.74) is 0. The number of rotatable bonds is 5. The van der Waals surface area contributed by atoms with Crippen LogP contribution in [0.3, 0.4) is 0 Å². The van der Waals surface area contributed by atoms with Crippen LogP contribution in [-0.4, -0.2) is 30.7 Å². The second-order valence-corrected chi connectivity index (χ2v) is 3.51. The van der Waals surface area contributed by atoms with Crippen LogP contribution in [0.2, 0.25) is 0 Å². The van der Waals surface area contributed by atoms with Crippen molar-refractivity contribution in [3.8, 4) is 0 Å². The standard InChI is InChI=1S/C10H17N3O2/c1-3-5-7-9(14)12-8(6-11-4-2)13-10(7)15/h7,11H,3-6H2,1-2H3,(H,12,13,14,15). The fourth-order valence-electron chi connectivity index (χ4n) is 1.45. The van der Waals surface area contributed by atoms with E-state index in [1.165, 1.54) is 0 Å². The molecule has 0 spiro atoms. The van der Waals surface area contributed by atoms with Gasteiger partial charge in [-0.1, -0.05) is 20.3 Å². The molecule has 0 aromatic carbocycles. The van der Waals surface area contributed by atoms with Gasteiger partial charge in [0.25, 0.3) is 5.91 Å². The molecule has 1 unspecified atom stereocenters. The van der Waals surface area contributed by atoms with Crippen molar-refractivity contribution in [2.24, 2.45) is 10.9 Å². The predicted molar refractivity (Wildman–Crippen MR) is 57.5 cm³/mol. The number of amidine groups is 1. The van der Waals surface area contributed by atoms with Gasteiger partial charge in [0, 0.05) is 0 Å². The summed E-state index contributed by atoms with van der Waals surface area (Å²) in [6.45, 7) is 5.11. The maximum atomic E-state index is 11.5. The highest BCUT2D eigenvalue weighted by atomic mass is 16.2. The van der Waals surface area contributed by atoms with Gasteiger partial charge in [-0.2, -0.15) is 4.99 Å². The van der Waals surface area contributed by atoms with Crippen LogP contribution < -0.4 is 10.6 Å². The van der Waals surface area contributed by atoms with Crippen molar-refractivity contribution in [3.05, 3.63) is 0 Å². The first-order valence-electron chi connectivity index (χ1n) is 5.32. The molecule has 0 bridgehead atoms. The second-order valence-electron chi connectivity index (χ2n) is 3.51. The quantitative estimate of drug-likeness (QED) is 0.632. The van der Waals surface area contributed by atoms with Gasteiger partial charge in [0.1, 0.15) is 11.8 Å². The van der Waals surface area contributed by atoms with E-state index in [4.69, 9.17) is 0 Å². The van der Waals surface area contributed by atoms with Crippen LogP contribution in [0.25, 0.3) is 0 Å². The van der Waals surface area contributed by atoms with E-state index in [-0.39, 0.29) is 11.8 Å². The normalized spacial score (nSPS) is 21.2. The zero-order chi connectivity index (χ0) is 11.3. The Morgan fingerprint density at radius 3 is 2.67 bits per heavy atom. The van der Waals surface area contributed by atoms with E-state index in [2.05, 4.69) is 15.6 Å². The third kappa shape index (κ3) is 3.13. The summed E-state index contributed by atoms with van der Waals surface area (Å²) in [5.74, 6) is -0.683. The van der Waals surface area contributed by atoms with Crippen LogP contribution >= 0.6 is 0 Å². The molecule has 5 nitrogen and oxygen atoms in total. The zero-order valence-electron chi connectivity index (χ0n) is 9.17. The van der Waals surface area contributed by atoms with Crippen LogP contribution in [-0.2, 0) is 9.59 Å². The Bertz CT molecular complexity index is 286. The van der Waals surface area contributed by atoms with E-state index in [0.717, 1.165) is 13.0 Å². The molecule has 0 aliphatic carbocycles. The van der Waals surface area contributed by atoms with Crippen molar-refractivity contribution in [1.82, 2.24) is 10.6 Å². The van der Waals surface area contributed by atoms with Crippen molar-refractivity contribution in [1.29, 1.82) is 0 Å². The lowest BCUT2D eigenvalue weighted by Gasteiger charge is -2.19. The molecule has 1 aliphatic heterocycles. The summed E-state index contributed by atoms with van der Waals surface area (Å²) in [6.07, 6.45) is 1.38. The molecule has 1 atom stereocenters. The smallest absolute Gasteiger partial charge is 0.259 e. The summed E-state index contributed by atoms with van der Waals surface area (Å²) in [4.78, 5) is 26.9. The Morgan fingerprint density at radius 2 is 2.13 bits per heavy atom. The molecule has 0 saturated carbocycles. The van der Waals surface area contributed by atoms with Gasteiger partial charge < -0.3 is 10.6 Å². The van der Waals surface area contributed by atoms with Crippen molar-refractivity contribution in [2.75, 3.05) is 13.1 Å². The minimum Gasteiger partial charge on any atom is -0.312 e. The average Bonchev–Trinajstić information content (AvgIpc) is 2.20. The van der Waals surface area contributed by atoms with Crippen molar-refractivity contribution < 1.29 is 9.59 Å². The van der Waals surface area contributed by atoms with E-state index >= 15 is 0 Å². The second kappa shape index (κ2) is 5.60. The maximum Gasteiger partial charge on any atom is 0.259 e. The van der Waals surface area contributed by atoms with Gasteiger partial charge in [0.2, 0.25) is 5.91 Å². The SMILES string of the molecule is CCCC1C(=O)N=C(CNCC)NC1=O. The Morgan fingerprint density at radius 1 is 1.40 bits per heavy atom. The van der Waals surface area contributed by atoms with E-state index in [1.807, 2.05) is 13.8 Å². The fraction of sp³-hybridized carbons (Fsp3) is 0.700. The van der Waals surface area contributed by atoms with Crippen LogP contribution in [0.15, 0.2) is 4.99 Å². The number of likely N-dealkylation sites (N-methyl/N-ethyl adjacent to an activating group) is 1. The number of carbonyl (C=O) groups excluding carboxylic acids is 2. The maximum absolute atomic E-state index is 11.5. The number of hydrogen-bond donors (Lipinski definition) is 2. The number of nitrogens with zero attached hydrogens (tertiary/aromatic N) is 1. The lowest BCUT2D eigenvalue weighted by Crippen LogP contribution is -2.47. The molecule has 0 radical (unpaired) electrons. The molecule has 1 heterocycles. The van der Waals surface area contributed by atoms with Gasteiger partial charge >= 0.3 is 0 Å². The van der Waals surface area contributed by atoms with E-state index < -0.39 is 5.92 Å². The molecule has 2 amide bonds. The molecular weight excluding hydrogens is 194 g/mol. The Balaban J connectivity index is 2.63. The van der Waals surface area contributed by atoms with Gasteiger partial charge in [0.05, 0.1) is 6.54 Å². The first-order valence-corrected chi connectivity index (χ1v) is 5.32. The van der Waals surface area contributed by atoms with Crippen LogP contribution in [0.4, 0.5) is 0 Å². The highest BCUT2D eigenvalue weighted by Gasteiger charge is 2.30. The first-order chi connectivity index (χ1) is 7.19. The summed E-state index contributed by atoms with van der Waals surface area (Å²) >= 11 is 0. The Hall–Kier alpha value is -1.23. The van der Waals surface area contributed by atoms with Crippen molar-refractivity contribution in [2.45, 2.75) is 26.7 Å². The molecule has 2 N–H and O–H groups in total. The van der Waals surface area contributed by atoms with Crippen LogP contribution in [0.1, 0.15) is 26.7 Å². The number of nitrogens with one attached hydrogen (secondary N) is 2. The highest BCUT2D eigenvalue weighted by molar-refractivity contribution is 6.16. The van der Waals surface area contributed by atoms with E-state index in [9.17, 15) is 9.59 Å². The minimum atomic E-state index is -0.583. The third-order valence-electron chi connectivity index (χ3n) is 2.25. The van der Waals surface area contributed by atoms with Crippen molar-refractivity contribution in [3.63, 3.8) is 0 Å². The van der Waals surface area contributed by atoms with Gasteiger partial charge in [-0.05, 0) is 13.0 Å². The van der Waals surface area contributed by atoms with E-state index in [0.29, 0.717) is 18.8 Å². The molecule has 0 aromatic rings. The lowest BCUT2D eigenvalue weighted by atomic mass is 10.0. The van der Waals surface area contributed by atoms with Gasteiger partial charge in [-0.15, -0.1) is 0 Å². The molecule has 1 rings (SSSR count). The molecule has 5 heteroatoms. The highest BCUT2D eigenvalue weighted by Crippen LogP contribution is 2.11. The summed E-state index contributed by atoms with van der Waals surface area (Å²) in [5, 5.41) is 5.65. The largest absolute Gasteiger partial charge is 0.312 e. The molecule has 1 aliphatic rings. The molecule has 15 heavy (non-hydrogen) atoms. The van der Waals surface area contributed by atoms with Crippen molar-refractivity contribution >= 4 is 17.6 Å². The number of amides is 2. The number of carbonyl (C=O) groups is 2. The molecule has 84 valence electrons. The predicted octanol–water partition coefficient (Wildman–Crippen LogP) is 0.0671. The van der Waals surface area contributed by atoms with Gasteiger partial charge in [-0.25, -0.2) is 0 Å². The first kappa shape index (κ1) is 11.8. The Labute approximate surface area is 89.3 Å². The lowest BCUT2D eigenvalue weighted by molar-refractivity contribution is -0.133. The third-order valence-corrected chi connectivity index (χ3v) is 2.25. The number of hydrogen-bond acceptors (Lipinski definition) is 3. The van der Waals surface area contributed by atoms with Crippen LogP contribution in [0.5, 0.6) is 0 Å². The van der Waals surface area contributed by atoms with Crippen LogP contribution in [0, 0.1) is 5.92 Å². The molecular formula is C10H17N3O2. The van der Waals surface area contributed by atoms with Gasteiger partial charge in [-0.3, -0.25) is 9.59 Å². The molecule has 0 fully saturated rings. The summed E-state index contributed by atoms with van der Waals surface area (Å²) in [7, 11) is 0. The summed E-state index contributed by atoms with van der Waals surface area (Å²) < 4.78 is 0.